The van der Waals surface area contributed by atoms with Crippen molar-refractivity contribution in [1.82, 2.24) is 20.9 Å². The third kappa shape index (κ3) is 5.86. The average molecular weight is 626 g/mol. The van der Waals surface area contributed by atoms with Gasteiger partial charge in [-0.25, -0.2) is 9.18 Å². The summed E-state index contributed by atoms with van der Waals surface area (Å²) in [6.45, 7) is 18.4. The summed E-state index contributed by atoms with van der Waals surface area (Å²) in [6.07, 6.45) is 8.96. The number of fused-ring (bicyclic) bond motifs is 1. The van der Waals surface area contributed by atoms with Crippen LogP contribution < -0.4 is 21.7 Å². The fourth-order valence-corrected chi connectivity index (χ4v) is 7.48. The number of ketones is 1. The van der Waals surface area contributed by atoms with Crippen molar-refractivity contribution in [3.8, 4) is 0 Å². The molecule has 246 valence electrons. The maximum Gasteiger partial charge on any atom is 0.316 e. The molecule has 3 fully saturated rings. The van der Waals surface area contributed by atoms with Gasteiger partial charge in [-0.1, -0.05) is 78.0 Å². The highest BCUT2D eigenvalue weighted by Gasteiger charge is 2.71. The smallest absolute Gasteiger partial charge is 0.316 e. The van der Waals surface area contributed by atoms with Crippen LogP contribution in [0.1, 0.15) is 66.2 Å². The number of alkyl halides is 1. The standard InChI is InChI=1S/C34H48FN5O5/c1-8-20(5)33(9-2,18-35)39-31(45)38-26(32(7)14-13-21(32)6)30(44)40-17-23-16-34(23,19(3)4)27(40)29(43)37-24(25(41)28(36)42)15-22-11-10-12-22/h8,13-14,19,22-24,26-27H,1,5-6,9-12,15-18H2,2-4,7H3,(H2,36,42)(H,37,43)(H2,38,39,45)/t23-,24?,26+,27+,32?,33?,34?/m0/s1. The van der Waals surface area contributed by atoms with Crippen molar-refractivity contribution < 1.29 is 28.4 Å². The van der Waals surface area contributed by atoms with Crippen molar-refractivity contribution in [2.75, 3.05) is 13.2 Å². The Bertz CT molecular complexity index is 1330. The van der Waals surface area contributed by atoms with Gasteiger partial charge in [-0.2, -0.15) is 0 Å². The highest BCUT2D eigenvalue weighted by atomic mass is 19.1. The van der Waals surface area contributed by atoms with E-state index in [-0.39, 0.29) is 30.7 Å². The normalized spacial score (nSPS) is 29.3. The minimum absolute atomic E-state index is 0.0245. The number of carbonyl (C=O) groups is 5. The number of nitrogens with zero attached hydrogens (tertiary/aromatic N) is 1. The first-order valence-corrected chi connectivity index (χ1v) is 15.9. The van der Waals surface area contributed by atoms with Gasteiger partial charge >= 0.3 is 6.03 Å². The van der Waals surface area contributed by atoms with Crippen LogP contribution in [0, 0.1) is 28.6 Å². The summed E-state index contributed by atoms with van der Waals surface area (Å²) in [7, 11) is 0. The molecule has 1 heterocycles. The van der Waals surface area contributed by atoms with Gasteiger partial charge in [-0.15, -0.1) is 0 Å². The Kier molecular flexibility index (Phi) is 9.52. The van der Waals surface area contributed by atoms with Crippen molar-refractivity contribution in [2.24, 2.45) is 34.3 Å². The summed E-state index contributed by atoms with van der Waals surface area (Å²) in [5.41, 5.74) is 3.35. The highest BCUT2D eigenvalue weighted by molar-refractivity contribution is 6.37. The molecular formula is C34H48FN5O5. The molecule has 4 aliphatic rings. The molecule has 0 radical (unpaired) electrons. The quantitative estimate of drug-likeness (QED) is 0.163. The van der Waals surface area contributed by atoms with Crippen LogP contribution in [0.4, 0.5) is 9.18 Å². The number of Topliss-reactive ketones (excluding diaryl/α,β-unsaturated/α-hetero) is 1. The molecule has 1 saturated heterocycles. The van der Waals surface area contributed by atoms with E-state index < -0.39 is 70.7 Å². The molecule has 4 rings (SSSR count). The lowest BCUT2D eigenvalue weighted by atomic mass is 9.68. The topological polar surface area (TPSA) is 151 Å². The molecule has 11 heteroatoms. The van der Waals surface area contributed by atoms with Crippen LogP contribution in [-0.2, 0) is 19.2 Å². The molecule has 0 aromatic carbocycles. The van der Waals surface area contributed by atoms with Gasteiger partial charge in [0.1, 0.15) is 18.8 Å². The van der Waals surface area contributed by atoms with Gasteiger partial charge in [0.25, 0.3) is 5.91 Å². The Morgan fingerprint density at radius 2 is 1.89 bits per heavy atom. The molecule has 0 bridgehead atoms. The lowest BCUT2D eigenvalue weighted by Crippen LogP contribution is -2.65. The lowest BCUT2D eigenvalue weighted by Gasteiger charge is -2.44. The summed E-state index contributed by atoms with van der Waals surface area (Å²) < 4.78 is 14.3. The first-order chi connectivity index (χ1) is 21.1. The summed E-state index contributed by atoms with van der Waals surface area (Å²) in [5.74, 6) is -2.71. The van der Waals surface area contributed by atoms with E-state index in [1.807, 2.05) is 13.8 Å². The third-order valence-electron chi connectivity index (χ3n) is 11.2. The van der Waals surface area contributed by atoms with E-state index in [9.17, 15) is 28.4 Å². The highest BCUT2D eigenvalue weighted by Crippen LogP contribution is 2.66. The zero-order valence-electron chi connectivity index (χ0n) is 26.9. The van der Waals surface area contributed by atoms with Crippen molar-refractivity contribution >= 4 is 29.5 Å². The number of likely N-dealkylation sites (tertiary alicyclic amines) is 1. The van der Waals surface area contributed by atoms with Gasteiger partial charge in [-0.3, -0.25) is 19.2 Å². The van der Waals surface area contributed by atoms with Crippen LogP contribution in [0.15, 0.2) is 49.1 Å². The van der Waals surface area contributed by atoms with Crippen LogP contribution >= 0.6 is 0 Å². The number of piperidine rings is 1. The SMILES string of the molecule is C=CC(=C)C(CC)(CF)NC(=O)N[C@H](C(=O)N1C[C@@H]2CC2(C(C)C)[C@H]1C(=O)NC(CC1CCC1)C(=O)C(N)=O)C1(C)C=CC1=C. The first kappa shape index (κ1) is 34.1. The van der Waals surface area contributed by atoms with Gasteiger partial charge in [0.15, 0.2) is 0 Å². The fraction of sp³-hybridized carbons (Fsp3) is 0.618. The Morgan fingerprint density at radius 3 is 2.33 bits per heavy atom. The van der Waals surface area contributed by atoms with Gasteiger partial charge in [0, 0.05) is 17.4 Å². The van der Waals surface area contributed by atoms with Gasteiger partial charge < -0.3 is 26.6 Å². The Balaban J connectivity index is 1.64. The number of urea groups is 1. The van der Waals surface area contributed by atoms with Crippen LogP contribution in [0.5, 0.6) is 0 Å². The Labute approximate surface area is 265 Å². The third-order valence-corrected chi connectivity index (χ3v) is 11.2. The number of hydrogen-bond donors (Lipinski definition) is 4. The number of carbonyl (C=O) groups excluding carboxylic acids is 5. The number of nitrogens with two attached hydrogens (primary N) is 1. The van der Waals surface area contributed by atoms with Crippen LogP contribution in [0.3, 0.4) is 0 Å². The van der Waals surface area contributed by atoms with Crippen molar-refractivity contribution in [2.45, 2.75) is 89.9 Å². The van der Waals surface area contributed by atoms with E-state index in [1.165, 1.54) is 11.0 Å². The molecule has 0 aromatic heterocycles. The molecular weight excluding hydrogens is 577 g/mol. The van der Waals surface area contributed by atoms with Gasteiger partial charge in [0.05, 0.1) is 11.6 Å². The number of allylic oxidation sites excluding steroid dienone is 1. The maximum atomic E-state index is 14.5. The van der Waals surface area contributed by atoms with E-state index in [2.05, 4.69) is 35.7 Å². The van der Waals surface area contributed by atoms with E-state index >= 15 is 0 Å². The minimum Gasteiger partial charge on any atom is -0.363 e. The molecule has 4 unspecified atom stereocenters. The summed E-state index contributed by atoms with van der Waals surface area (Å²) >= 11 is 0. The predicted octanol–water partition coefficient (Wildman–Crippen LogP) is 3.25. The van der Waals surface area contributed by atoms with E-state index in [0.717, 1.165) is 25.7 Å². The largest absolute Gasteiger partial charge is 0.363 e. The van der Waals surface area contributed by atoms with Crippen molar-refractivity contribution in [1.29, 1.82) is 0 Å². The predicted molar refractivity (Wildman–Crippen MR) is 169 cm³/mol. The van der Waals surface area contributed by atoms with Crippen LogP contribution in [0.2, 0.25) is 0 Å². The van der Waals surface area contributed by atoms with Crippen molar-refractivity contribution in [3.05, 3.63) is 49.1 Å². The molecule has 7 atom stereocenters. The van der Waals surface area contributed by atoms with Crippen LogP contribution in [0.25, 0.3) is 0 Å². The number of amides is 5. The summed E-state index contributed by atoms with van der Waals surface area (Å²) in [5, 5.41) is 8.25. The second kappa shape index (κ2) is 12.6. The summed E-state index contributed by atoms with van der Waals surface area (Å²) in [6, 6.07) is -3.96. The fourth-order valence-electron chi connectivity index (χ4n) is 7.48. The molecule has 5 amide bonds. The van der Waals surface area contributed by atoms with E-state index in [4.69, 9.17) is 5.73 Å². The number of nitrogens with one attached hydrogen (secondary N) is 3. The van der Waals surface area contributed by atoms with E-state index in [0.29, 0.717) is 17.6 Å². The molecule has 10 nitrogen and oxygen atoms in total. The zero-order valence-corrected chi connectivity index (χ0v) is 26.9. The summed E-state index contributed by atoms with van der Waals surface area (Å²) in [4.78, 5) is 68.3. The maximum absolute atomic E-state index is 14.5. The Hall–Kier alpha value is -3.76. The second-order valence-electron chi connectivity index (χ2n) is 13.9. The van der Waals surface area contributed by atoms with Crippen molar-refractivity contribution in [3.63, 3.8) is 0 Å². The number of hydrogen-bond acceptors (Lipinski definition) is 5. The van der Waals surface area contributed by atoms with Crippen LogP contribution in [-0.4, -0.2) is 71.3 Å². The minimum atomic E-state index is -1.41. The zero-order chi connectivity index (χ0) is 33.5. The molecule has 0 aromatic rings. The van der Waals surface area contributed by atoms with E-state index in [1.54, 1.807) is 26.0 Å². The average Bonchev–Trinajstić information content (AvgIpc) is 3.61. The monoisotopic (exact) mass is 625 g/mol. The lowest BCUT2D eigenvalue weighted by molar-refractivity contribution is -0.145. The van der Waals surface area contributed by atoms with Gasteiger partial charge in [0.2, 0.25) is 17.6 Å². The molecule has 3 aliphatic carbocycles. The number of primary amides is 1. The molecule has 2 saturated carbocycles. The molecule has 0 spiro atoms. The molecule has 1 aliphatic heterocycles. The van der Waals surface area contributed by atoms with Gasteiger partial charge in [-0.05, 0) is 55.1 Å². The number of rotatable bonds is 15. The number of halogens is 1. The second-order valence-corrected chi connectivity index (χ2v) is 13.9. The molecule has 45 heavy (non-hydrogen) atoms. The Morgan fingerprint density at radius 1 is 1.22 bits per heavy atom. The molecule has 5 N–H and O–H groups in total. The first-order valence-electron chi connectivity index (χ1n) is 15.9.